The van der Waals surface area contributed by atoms with Gasteiger partial charge in [0.25, 0.3) is 0 Å². The van der Waals surface area contributed by atoms with Crippen molar-refractivity contribution in [1.82, 2.24) is 13.7 Å². The molecule has 18 aromatic carbocycles. The van der Waals surface area contributed by atoms with E-state index in [1.54, 1.807) is 0 Å². The number of hydrogen-bond donors (Lipinski definition) is 0. The highest BCUT2D eigenvalue weighted by molar-refractivity contribution is 7.28. The number of benzene rings is 18. The average molecular weight is 1500 g/mol. The average Bonchev–Trinajstić information content (AvgIpc) is 1.54. The highest BCUT2D eigenvalue weighted by Gasteiger charge is 2.29. The molecule has 0 fully saturated rings. The van der Waals surface area contributed by atoms with Crippen molar-refractivity contribution < 1.29 is 4.42 Å². The Balaban J connectivity index is 0.702. The molecule has 0 N–H and O–H groups in total. The summed E-state index contributed by atoms with van der Waals surface area (Å²) in [5.74, 6) is 0. The quantitative estimate of drug-likeness (QED) is 0.169. The summed E-state index contributed by atoms with van der Waals surface area (Å²) in [5, 5.41) is 30.2. The Kier molecular flexibility index (Phi) is 11.9. The van der Waals surface area contributed by atoms with Crippen LogP contribution in [0.5, 0.6) is 0 Å². The summed E-state index contributed by atoms with van der Waals surface area (Å²) in [5.41, 5.74) is 17.3. The van der Waals surface area contributed by atoms with Crippen LogP contribution < -0.4 is 0 Å². The fourth-order valence-electron chi connectivity index (χ4n) is 19.6. The van der Waals surface area contributed by atoms with Gasteiger partial charge in [0, 0.05) is 167 Å². The summed E-state index contributed by atoms with van der Waals surface area (Å²) < 4.78 is 27.1. The smallest absolute Gasteiger partial charge is 0.135 e. The van der Waals surface area contributed by atoms with Crippen LogP contribution in [-0.4, -0.2) is 13.7 Å². The summed E-state index contributed by atoms with van der Waals surface area (Å²) in [4.78, 5) is 0. The Labute approximate surface area is 650 Å². The van der Waals surface area contributed by atoms with Crippen LogP contribution in [0.15, 0.2) is 326 Å². The van der Waals surface area contributed by atoms with E-state index >= 15 is 0 Å². The second-order valence-electron chi connectivity index (χ2n) is 30.0. The van der Waals surface area contributed by atoms with E-state index < -0.39 is 0 Å². The van der Waals surface area contributed by atoms with Crippen molar-refractivity contribution in [2.75, 3.05) is 0 Å². The molecule has 0 unspecified atom stereocenters. The first-order chi connectivity index (χ1) is 55.0. The topological polar surface area (TPSA) is 27.9 Å². The SMILES string of the molecule is c1ccc2cc3c(cc2c1)c1cc2sc4c(-c5ccc6c7c8ccccc8c8c9cc(-c%10cccc%11c%12c%13sc%14ccccc%14c%13c%13ccccc%13c%12n(-c%12ccc%13sc%14ccccc%14c%13c%12)c%10%11)ccc9sc8c7n(-c7ccc8sc9ccccc9c8c7)c6c5)cccc4c2cc1n3-c1ccc2oc3ccccc3c2c1. The molecular weight excluding hydrogens is 1440 g/mol. The molecule has 9 heterocycles. The summed E-state index contributed by atoms with van der Waals surface area (Å²) in [6.45, 7) is 0. The maximum Gasteiger partial charge on any atom is 0.135 e. The van der Waals surface area contributed by atoms with E-state index in [2.05, 4.69) is 335 Å². The number of fused-ring (bicyclic) bond motifs is 36. The van der Waals surface area contributed by atoms with Gasteiger partial charge in [0.1, 0.15) is 11.2 Å². The molecule has 9 aromatic heterocycles. The molecule has 512 valence electrons. The van der Waals surface area contributed by atoms with Crippen molar-refractivity contribution in [3.63, 3.8) is 0 Å². The largest absolute Gasteiger partial charge is 0.456 e. The maximum absolute atomic E-state index is 6.41. The van der Waals surface area contributed by atoms with Crippen LogP contribution in [0.3, 0.4) is 0 Å². The van der Waals surface area contributed by atoms with Crippen molar-refractivity contribution in [1.29, 1.82) is 0 Å². The van der Waals surface area contributed by atoms with Crippen LogP contribution in [0.2, 0.25) is 0 Å². The molecule has 0 saturated heterocycles. The Morgan fingerprint density at radius 1 is 0.198 bits per heavy atom. The molecule has 0 aliphatic carbocycles. The number of furan rings is 1. The number of para-hydroxylation sites is 2. The molecule has 0 aliphatic heterocycles. The predicted molar refractivity (Wildman–Crippen MR) is 485 cm³/mol. The number of thiophene rings is 5. The lowest BCUT2D eigenvalue weighted by Gasteiger charge is -2.14. The van der Waals surface area contributed by atoms with Crippen molar-refractivity contribution in [2.24, 2.45) is 0 Å². The summed E-state index contributed by atoms with van der Waals surface area (Å²) in [7, 11) is 0. The molecule has 0 radical (unpaired) electrons. The van der Waals surface area contributed by atoms with E-state index in [1.165, 1.54) is 221 Å². The summed E-state index contributed by atoms with van der Waals surface area (Å²) in [6, 6.07) is 122. The van der Waals surface area contributed by atoms with Gasteiger partial charge in [-0.25, -0.2) is 0 Å². The Morgan fingerprint density at radius 2 is 0.694 bits per heavy atom. The van der Waals surface area contributed by atoms with Gasteiger partial charge in [0.05, 0.1) is 37.8 Å². The van der Waals surface area contributed by atoms with Crippen molar-refractivity contribution in [3.8, 4) is 39.3 Å². The van der Waals surface area contributed by atoms with Gasteiger partial charge in [-0.15, -0.1) is 56.7 Å². The van der Waals surface area contributed by atoms with Gasteiger partial charge in [-0.05, 0) is 165 Å². The Hall–Kier alpha value is -13.0. The molecule has 0 spiro atoms. The number of hydrogen-bond acceptors (Lipinski definition) is 6. The second-order valence-corrected chi connectivity index (χ2v) is 35.3. The third-order valence-corrected chi connectivity index (χ3v) is 30.2. The summed E-state index contributed by atoms with van der Waals surface area (Å²) >= 11 is 9.54. The van der Waals surface area contributed by atoms with Gasteiger partial charge in [0.15, 0.2) is 0 Å². The standard InChI is InChI=1S/C102H53N3OS5/c1-2-18-55-47-82-74(45-54(55)17-1)75-53-92-79(52-83(75)103(82)58-37-41-85-76(49-58)63-19-7-11-31-84(63)106-85)70-29-16-28-62(100(70)111-92)57-35-40-71-81(48-57)104(59-38-43-89-77(50-59)64-20-8-12-32-86(64)107-89)99-93(71)66-22-3-4-23-67(66)95-80-46-56(36-42-91(80)110-102(95)99)61-27-15-30-73-96-98(69-25-6-5-24-68(69)94-72-26-10-14-34-88(72)109-101(94)96)105(97(61)73)60-39-44-90-78(51-60)65-21-9-13-33-87(65)108-90/h1-53H. The number of rotatable bonds is 5. The minimum Gasteiger partial charge on any atom is -0.456 e. The highest BCUT2D eigenvalue weighted by Crippen LogP contribution is 2.55. The van der Waals surface area contributed by atoms with Crippen LogP contribution >= 0.6 is 56.7 Å². The first kappa shape index (κ1) is 60.0. The molecule has 0 atom stereocenters. The Morgan fingerprint density at radius 3 is 1.47 bits per heavy atom. The molecule has 9 heteroatoms. The fourth-order valence-corrected chi connectivity index (χ4v) is 25.5. The van der Waals surface area contributed by atoms with Crippen LogP contribution in [-0.2, 0) is 0 Å². The normalized spacial score (nSPS) is 12.7. The van der Waals surface area contributed by atoms with Crippen molar-refractivity contribution >= 4 is 277 Å². The van der Waals surface area contributed by atoms with E-state index in [4.69, 9.17) is 4.42 Å². The minimum absolute atomic E-state index is 0.892. The van der Waals surface area contributed by atoms with Crippen molar-refractivity contribution in [3.05, 3.63) is 322 Å². The van der Waals surface area contributed by atoms with Gasteiger partial charge in [-0.2, -0.15) is 0 Å². The van der Waals surface area contributed by atoms with Gasteiger partial charge >= 0.3 is 0 Å². The molecule has 111 heavy (non-hydrogen) atoms. The number of aromatic nitrogens is 3. The predicted octanol–water partition coefficient (Wildman–Crippen LogP) is 31.5. The first-order valence-corrected chi connectivity index (χ1v) is 41.8. The molecule has 27 rings (SSSR count). The first-order valence-electron chi connectivity index (χ1n) is 37.7. The van der Waals surface area contributed by atoms with Gasteiger partial charge < -0.3 is 18.1 Å². The third kappa shape index (κ3) is 8.10. The van der Waals surface area contributed by atoms with Crippen molar-refractivity contribution in [2.45, 2.75) is 0 Å². The fraction of sp³-hybridized carbons (Fsp3) is 0. The van der Waals surface area contributed by atoms with Gasteiger partial charge in [0.2, 0.25) is 0 Å². The molecule has 0 amide bonds. The minimum atomic E-state index is 0.892. The maximum atomic E-state index is 6.41. The zero-order valence-electron chi connectivity index (χ0n) is 58.9. The lowest BCUT2D eigenvalue weighted by Crippen LogP contribution is -1.96. The van der Waals surface area contributed by atoms with E-state index in [-0.39, 0.29) is 0 Å². The second kappa shape index (κ2) is 21.9. The molecule has 27 aromatic rings. The molecule has 0 aliphatic rings. The van der Waals surface area contributed by atoms with E-state index in [0.717, 1.165) is 39.0 Å². The zero-order chi connectivity index (χ0) is 71.7. The van der Waals surface area contributed by atoms with Gasteiger partial charge in [-0.1, -0.05) is 200 Å². The van der Waals surface area contributed by atoms with Crippen LogP contribution in [0.4, 0.5) is 0 Å². The van der Waals surface area contributed by atoms with E-state index in [1.807, 2.05) is 56.7 Å². The zero-order valence-corrected chi connectivity index (χ0v) is 63.0. The Bertz CT molecular complexity index is 8940. The monoisotopic (exact) mass is 1500 g/mol. The lowest BCUT2D eigenvalue weighted by molar-refractivity contribution is 0.669. The van der Waals surface area contributed by atoms with Gasteiger partial charge in [-0.3, -0.25) is 0 Å². The van der Waals surface area contributed by atoms with Crippen LogP contribution in [0, 0.1) is 0 Å². The third-order valence-electron chi connectivity index (χ3n) is 24.3. The van der Waals surface area contributed by atoms with Crippen LogP contribution in [0.25, 0.3) is 260 Å². The van der Waals surface area contributed by atoms with Crippen LogP contribution in [0.1, 0.15) is 0 Å². The van der Waals surface area contributed by atoms with E-state index in [9.17, 15) is 0 Å². The molecule has 0 saturated carbocycles. The molecular formula is C102H53N3OS5. The molecule has 4 nitrogen and oxygen atoms in total. The van der Waals surface area contributed by atoms with E-state index in [0.29, 0.717) is 0 Å². The number of nitrogens with zero attached hydrogens (tertiary/aromatic N) is 3. The summed E-state index contributed by atoms with van der Waals surface area (Å²) in [6.07, 6.45) is 0. The lowest BCUT2D eigenvalue weighted by atomic mass is 9.96. The molecule has 0 bridgehead atoms. The highest BCUT2D eigenvalue weighted by atomic mass is 32.1.